The first-order valence-corrected chi connectivity index (χ1v) is 7.86. The van der Waals surface area contributed by atoms with Crippen LogP contribution in [0.15, 0.2) is 12.1 Å². The first-order chi connectivity index (χ1) is 10.3. The summed E-state index contributed by atoms with van der Waals surface area (Å²) in [6.45, 7) is 4.67. The van der Waals surface area contributed by atoms with Crippen molar-refractivity contribution < 1.29 is 9.47 Å². The molecular formula is C16H21N3O2. The molecule has 112 valence electrons. The molecule has 5 nitrogen and oxygen atoms in total. The zero-order valence-electron chi connectivity index (χ0n) is 12.4. The molecule has 1 atom stereocenters. The average molecular weight is 287 g/mol. The third-order valence-corrected chi connectivity index (χ3v) is 4.60. The molecule has 1 N–H and O–H groups in total. The molecular weight excluding hydrogens is 266 g/mol. The van der Waals surface area contributed by atoms with Crippen molar-refractivity contribution in [1.29, 1.82) is 0 Å². The number of H-pyrrole nitrogens is 1. The van der Waals surface area contributed by atoms with E-state index in [-0.39, 0.29) is 0 Å². The molecule has 2 aliphatic heterocycles. The van der Waals surface area contributed by atoms with Crippen LogP contribution in [0, 0.1) is 0 Å². The van der Waals surface area contributed by atoms with Gasteiger partial charge in [-0.2, -0.15) is 0 Å². The second-order valence-electron chi connectivity index (χ2n) is 5.93. The van der Waals surface area contributed by atoms with Crippen LogP contribution in [-0.2, 0) is 6.54 Å². The molecule has 0 amide bonds. The molecule has 1 aromatic heterocycles. The molecule has 21 heavy (non-hydrogen) atoms. The van der Waals surface area contributed by atoms with Gasteiger partial charge in [-0.15, -0.1) is 0 Å². The number of hydrogen-bond acceptors (Lipinski definition) is 4. The van der Waals surface area contributed by atoms with Gasteiger partial charge in [0.15, 0.2) is 11.5 Å². The lowest BCUT2D eigenvalue weighted by Gasteiger charge is -2.34. The van der Waals surface area contributed by atoms with E-state index in [1.165, 1.54) is 32.2 Å². The van der Waals surface area contributed by atoms with Crippen LogP contribution in [-0.4, -0.2) is 34.2 Å². The van der Waals surface area contributed by atoms with Crippen LogP contribution in [0.5, 0.6) is 11.5 Å². The van der Waals surface area contributed by atoms with E-state index in [1.54, 1.807) is 0 Å². The maximum Gasteiger partial charge on any atom is 0.231 e. The number of nitrogens with one attached hydrogen (secondary N) is 1. The monoisotopic (exact) mass is 287 g/mol. The van der Waals surface area contributed by atoms with E-state index in [2.05, 4.69) is 16.8 Å². The van der Waals surface area contributed by atoms with E-state index in [0.29, 0.717) is 12.8 Å². The number of piperidine rings is 1. The fraction of sp³-hybridized carbons (Fsp3) is 0.562. The van der Waals surface area contributed by atoms with Crippen LogP contribution < -0.4 is 9.47 Å². The summed E-state index contributed by atoms with van der Waals surface area (Å²) in [5.74, 6) is 2.64. The smallest absolute Gasteiger partial charge is 0.231 e. The number of fused-ring (bicyclic) bond motifs is 2. The van der Waals surface area contributed by atoms with Crippen LogP contribution in [0.25, 0.3) is 11.0 Å². The van der Waals surface area contributed by atoms with Crippen molar-refractivity contribution in [2.24, 2.45) is 0 Å². The van der Waals surface area contributed by atoms with Crippen LogP contribution in [0.2, 0.25) is 0 Å². The standard InChI is InChI=1S/C16H21N3O2/c1-2-11-5-3-4-6-19(11)9-16-17-12-7-14-15(21-10-20-14)8-13(12)18-16/h7-8,11H,2-6,9-10H2,1H3,(H,17,18). The van der Waals surface area contributed by atoms with E-state index < -0.39 is 0 Å². The zero-order chi connectivity index (χ0) is 14.2. The number of aromatic amines is 1. The quantitative estimate of drug-likeness (QED) is 0.942. The number of aromatic nitrogens is 2. The van der Waals surface area contributed by atoms with E-state index in [9.17, 15) is 0 Å². The van der Waals surface area contributed by atoms with E-state index in [4.69, 9.17) is 14.5 Å². The molecule has 1 saturated heterocycles. The summed E-state index contributed by atoms with van der Waals surface area (Å²) in [6, 6.07) is 4.65. The highest BCUT2D eigenvalue weighted by atomic mass is 16.7. The van der Waals surface area contributed by atoms with Crippen molar-refractivity contribution in [2.75, 3.05) is 13.3 Å². The van der Waals surface area contributed by atoms with Gasteiger partial charge in [-0.3, -0.25) is 4.90 Å². The predicted molar refractivity (Wildman–Crippen MR) is 80.6 cm³/mol. The molecule has 3 heterocycles. The van der Waals surface area contributed by atoms with Gasteiger partial charge >= 0.3 is 0 Å². The summed E-state index contributed by atoms with van der Waals surface area (Å²) in [4.78, 5) is 10.7. The summed E-state index contributed by atoms with van der Waals surface area (Å²) in [7, 11) is 0. The largest absolute Gasteiger partial charge is 0.454 e. The molecule has 2 aliphatic rings. The van der Waals surface area contributed by atoms with Crippen molar-refractivity contribution in [3.63, 3.8) is 0 Å². The van der Waals surface area contributed by atoms with Gasteiger partial charge in [0.05, 0.1) is 17.6 Å². The number of nitrogens with zero attached hydrogens (tertiary/aromatic N) is 2. The lowest BCUT2D eigenvalue weighted by molar-refractivity contribution is 0.133. The number of benzene rings is 1. The Morgan fingerprint density at radius 1 is 1.29 bits per heavy atom. The van der Waals surface area contributed by atoms with Crippen molar-refractivity contribution in [3.05, 3.63) is 18.0 Å². The highest BCUT2D eigenvalue weighted by Gasteiger charge is 2.22. The normalized spacial score (nSPS) is 22.0. The predicted octanol–water partition coefficient (Wildman–Crippen LogP) is 3.06. The third-order valence-electron chi connectivity index (χ3n) is 4.60. The zero-order valence-corrected chi connectivity index (χ0v) is 12.4. The molecule has 2 aromatic rings. The highest BCUT2D eigenvalue weighted by molar-refractivity contribution is 5.80. The first-order valence-electron chi connectivity index (χ1n) is 7.86. The van der Waals surface area contributed by atoms with Gasteiger partial charge < -0.3 is 14.5 Å². The van der Waals surface area contributed by atoms with Gasteiger partial charge in [-0.05, 0) is 25.8 Å². The minimum Gasteiger partial charge on any atom is -0.454 e. The molecule has 5 heteroatoms. The van der Waals surface area contributed by atoms with Gasteiger partial charge in [-0.1, -0.05) is 13.3 Å². The molecule has 1 unspecified atom stereocenters. The maximum absolute atomic E-state index is 5.42. The van der Waals surface area contributed by atoms with Crippen molar-refractivity contribution >= 4 is 11.0 Å². The van der Waals surface area contributed by atoms with Gasteiger partial charge in [0, 0.05) is 18.2 Å². The van der Waals surface area contributed by atoms with E-state index >= 15 is 0 Å². The number of ether oxygens (including phenoxy) is 2. The fourth-order valence-electron chi connectivity index (χ4n) is 3.45. The molecule has 0 spiro atoms. The summed E-state index contributed by atoms with van der Waals surface area (Å²) in [6.07, 6.45) is 5.19. The van der Waals surface area contributed by atoms with Gasteiger partial charge in [0.25, 0.3) is 0 Å². The van der Waals surface area contributed by atoms with Crippen LogP contribution in [0.1, 0.15) is 38.4 Å². The maximum atomic E-state index is 5.42. The van der Waals surface area contributed by atoms with Crippen LogP contribution in [0.4, 0.5) is 0 Å². The van der Waals surface area contributed by atoms with Crippen molar-refractivity contribution in [3.8, 4) is 11.5 Å². The Morgan fingerprint density at radius 3 is 3.00 bits per heavy atom. The first kappa shape index (κ1) is 13.0. The van der Waals surface area contributed by atoms with Gasteiger partial charge in [0.2, 0.25) is 6.79 Å². The molecule has 0 radical (unpaired) electrons. The topological polar surface area (TPSA) is 50.4 Å². The molecule has 0 saturated carbocycles. The van der Waals surface area contributed by atoms with E-state index in [1.807, 2.05) is 12.1 Å². The highest BCUT2D eigenvalue weighted by Crippen LogP contribution is 2.35. The van der Waals surface area contributed by atoms with Crippen LogP contribution >= 0.6 is 0 Å². The Bertz CT molecular complexity index is 611. The SMILES string of the molecule is CCC1CCCCN1Cc1nc2cc3c(cc2[nH]1)OCO3. The second kappa shape index (κ2) is 5.22. The Balaban J connectivity index is 1.59. The molecule has 0 bridgehead atoms. The molecule has 4 rings (SSSR count). The van der Waals surface area contributed by atoms with E-state index in [0.717, 1.165) is 34.9 Å². The third kappa shape index (κ3) is 2.35. The Morgan fingerprint density at radius 2 is 2.14 bits per heavy atom. The summed E-state index contributed by atoms with van der Waals surface area (Å²) < 4.78 is 10.8. The lowest BCUT2D eigenvalue weighted by atomic mass is 10.0. The summed E-state index contributed by atoms with van der Waals surface area (Å²) >= 11 is 0. The minimum absolute atomic E-state index is 0.306. The van der Waals surface area contributed by atoms with Crippen molar-refractivity contribution in [2.45, 2.75) is 45.2 Å². The average Bonchev–Trinajstić information content (AvgIpc) is 3.10. The Hall–Kier alpha value is -1.75. The Labute approximate surface area is 124 Å². The lowest BCUT2D eigenvalue weighted by Crippen LogP contribution is -2.38. The fourth-order valence-corrected chi connectivity index (χ4v) is 3.45. The minimum atomic E-state index is 0.306. The Kier molecular flexibility index (Phi) is 3.22. The molecule has 0 aliphatic carbocycles. The number of rotatable bonds is 3. The van der Waals surface area contributed by atoms with Crippen molar-refractivity contribution in [1.82, 2.24) is 14.9 Å². The number of likely N-dealkylation sites (tertiary alicyclic amines) is 1. The second-order valence-corrected chi connectivity index (χ2v) is 5.93. The summed E-state index contributed by atoms with van der Waals surface area (Å²) in [5.41, 5.74) is 1.98. The molecule has 1 fully saturated rings. The van der Waals surface area contributed by atoms with Crippen LogP contribution in [0.3, 0.4) is 0 Å². The summed E-state index contributed by atoms with van der Waals surface area (Å²) in [5, 5.41) is 0. The number of hydrogen-bond donors (Lipinski definition) is 1. The number of imidazole rings is 1. The molecule has 1 aromatic carbocycles. The van der Waals surface area contributed by atoms with Gasteiger partial charge in [0.1, 0.15) is 5.82 Å². The van der Waals surface area contributed by atoms with Gasteiger partial charge in [-0.25, -0.2) is 4.98 Å².